The highest BCUT2D eigenvalue weighted by Gasteiger charge is 2.41. The van der Waals surface area contributed by atoms with E-state index in [1.165, 1.54) is 21.1 Å². The van der Waals surface area contributed by atoms with Gasteiger partial charge < -0.3 is 14.2 Å². The number of imide groups is 1. The van der Waals surface area contributed by atoms with Crippen LogP contribution in [0.3, 0.4) is 0 Å². The molecular weight excluding hydrogens is 438 g/mol. The summed E-state index contributed by atoms with van der Waals surface area (Å²) in [5.74, 6) is -0.252. The van der Waals surface area contributed by atoms with Gasteiger partial charge in [-0.3, -0.25) is 14.5 Å². The summed E-state index contributed by atoms with van der Waals surface area (Å²) < 4.78 is 16.1. The van der Waals surface area contributed by atoms with Crippen molar-refractivity contribution in [2.24, 2.45) is 0 Å². The van der Waals surface area contributed by atoms with Crippen molar-refractivity contribution >= 4 is 50.9 Å². The molecule has 1 atom stereocenters. The van der Waals surface area contributed by atoms with Crippen LogP contribution in [0.2, 0.25) is 0 Å². The maximum absolute atomic E-state index is 12.6. The first-order valence-corrected chi connectivity index (χ1v) is 9.41. The Labute approximate surface area is 169 Å². The number of hydrogen-bond acceptors (Lipinski definition) is 7. The molecule has 0 N–H and O–H groups in total. The summed E-state index contributed by atoms with van der Waals surface area (Å²) in [6.07, 6.45) is 3.16. The van der Waals surface area contributed by atoms with Gasteiger partial charge >= 0.3 is 5.97 Å². The van der Waals surface area contributed by atoms with E-state index >= 15 is 0 Å². The summed E-state index contributed by atoms with van der Waals surface area (Å²) in [7, 11) is 2.70. The number of nitrogens with zero attached hydrogens (tertiary/aromatic N) is 1. The number of benzene rings is 1. The van der Waals surface area contributed by atoms with Crippen molar-refractivity contribution in [1.29, 1.82) is 0 Å². The molecule has 2 amide bonds. The van der Waals surface area contributed by atoms with Crippen LogP contribution in [0.1, 0.15) is 12.5 Å². The average Bonchev–Trinajstić information content (AvgIpc) is 2.92. The van der Waals surface area contributed by atoms with Crippen LogP contribution in [0.15, 0.2) is 34.2 Å². The number of thioether (sulfide) groups is 1. The zero-order chi connectivity index (χ0) is 20.1. The Morgan fingerprint density at radius 1 is 1.37 bits per heavy atom. The molecule has 9 heteroatoms. The lowest BCUT2D eigenvalue weighted by Crippen LogP contribution is -2.42. The minimum Gasteiger partial charge on any atom is -0.493 e. The predicted molar refractivity (Wildman–Crippen MR) is 106 cm³/mol. The summed E-state index contributed by atoms with van der Waals surface area (Å²) >= 11 is 4.17. The van der Waals surface area contributed by atoms with E-state index in [-0.39, 0.29) is 4.91 Å². The minimum atomic E-state index is -0.996. The van der Waals surface area contributed by atoms with E-state index in [1.54, 1.807) is 24.3 Å². The first-order chi connectivity index (χ1) is 12.8. The fourth-order valence-corrected chi connectivity index (χ4v) is 3.83. The molecule has 1 saturated heterocycles. The van der Waals surface area contributed by atoms with Gasteiger partial charge in [-0.1, -0.05) is 12.7 Å². The fraction of sp³-hybridized carbons (Fsp3) is 0.278. The number of esters is 1. The topological polar surface area (TPSA) is 82.1 Å². The normalized spacial score (nSPS) is 16.4. The molecule has 0 aromatic heterocycles. The summed E-state index contributed by atoms with van der Waals surface area (Å²) in [5.41, 5.74) is 0.626. The predicted octanol–water partition coefficient (Wildman–Crippen LogP) is 3.62. The van der Waals surface area contributed by atoms with E-state index in [0.717, 1.165) is 16.7 Å². The van der Waals surface area contributed by atoms with Gasteiger partial charge in [0.2, 0.25) is 0 Å². The monoisotopic (exact) mass is 455 g/mol. The van der Waals surface area contributed by atoms with Gasteiger partial charge in [-0.05, 0) is 58.4 Å². The highest BCUT2D eigenvalue weighted by Crippen LogP contribution is 2.39. The van der Waals surface area contributed by atoms with Crippen LogP contribution >= 0.6 is 27.7 Å². The van der Waals surface area contributed by atoms with Gasteiger partial charge in [0, 0.05) is 0 Å². The standard InChI is InChI=1S/C18H18BrNO6S/c1-5-6-26-15-12(19)7-11(8-13(15)24-3)9-14-16(21)20(18(23)27-14)10(2)17(22)25-4/h5,7-10H,1,6H2,2-4H3/b14-9+/t10-/m0/s1. The zero-order valence-electron chi connectivity index (χ0n) is 15.0. The van der Waals surface area contributed by atoms with Gasteiger partial charge in [0.15, 0.2) is 11.5 Å². The number of amides is 2. The first-order valence-electron chi connectivity index (χ1n) is 7.80. The van der Waals surface area contributed by atoms with E-state index in [2.05, 4.69) is 27.2 Å². The quantitative estimate of drug-likeness (QED) is 0.352. The van der Waals surface area contributed by atoms with Crippen LogP contribution < -0.4 is 9.47 Å². The van der Waals surface area contributed by atoms with Crippen molar-refractivity contribution in [3.05, 3.63) is 39.7 Å². The highest BCUT2D eigenvalue weighted by molar-refractivity contribution is 9.10. The molecule has 0 spiro atoms. The number of methoxy groups -OCH3 is 2. The van der Waals surface area contributed by atoms with E-state index < -0.39 is 23.2 Å². The van der Waals surface area contributed by atoms with Gasteiger partial charge in [-0.2, -0.15) is 0 Å². The van der Waals surface area contributed by atoms with E-state index in [9.17, 15) is 14.4 Å². The molecule has 2 rings (SSSR count). The largest absolute Gasteiger partial charge is 0.493 e. The second-order valence-electron chi connectivity index (χ2n) is 5.38. The molecule has 0 saturated carbocycles. The van der Waals surface area contributed by atoms with E-state index in [0.29, 0.717) is 28.1 Å². The molecule has 1 fully saturated rings. The van der Waals surface area contributed by atoms with Crippen molar-refractivity contribution in [2.45, 2.75) is 13.0 Å². The van der Waals surface area contributed by atoms with Crippen molar-refractivity contribution < 1.29 is 28.6 Å². The van der Waals surface area contributed by atoms with Crippen LogP contribution in [0, 0.1) is 0 Å². The van der Waals surface area contributed by atoms with Crippen LogP contribution in [-0.2, 0) is 14.3 Å². The van der Waals surface area contributed by atoms with Crippen LogP contribution in [0.4, 0.5) is 4.79 Å². The smallest absolute Gasteiger partial charge is 0.328 e. The number of carbonyl (C=O) groups excluding carboxylic acids is 3. The molecule has 7 nitrogen and oxygen atoms in total. The second kappa shape index (κ2) is 9.09. The maximum Gasteiger partial charge on any atom is 0.328 e. The molecule has 144 valence electrons. The van der Waals surface area contributed by atoms with Crippen LogP contribution in [0.5, 0.6) is 11.5 Å². The molecule has 1 aromatic carbocycles. The lowest BCUT2D eigenvalue weighted by molar-refractivity contribution is -0.148. The summed E-state index contributed by atoms with van der Waals surface area (Å²) in [5, 5.41) is -0.527. The summed E-state index contributed by atoms with van der Waals surface area (Å²) in [6, 6.07) is 2.42. The third-order valence-corrected chi connectivity index (χ3v) is 5.12. The first kappa shape index (κ1) is 21.0. The van der Waals surface area contributed by atoms with Crippen LogP contribution in [0.25, 0.3) is 6.08 Å². The Balaban J connectivity index is 2.35. The van der Waals surface area contributed by atoms with Crippen LogP contribution in [-0.4, -0.2) is 48.9 Å². The molecule has 1 aliphatic heterocycles. The van der Waals surface area contributed by atoms with Crippen molar-refractivity contribution in [3.8, 4) is 11.5 Å². The Kier molecular flexibility index (Phi) is 7.09. The number of rotatable bonds is 7. The van der Waals surface area contributed by atoms with Gasteiger partial charge in [0.1, 0.15) is 12.6 Å². The number of ether oxygens (including phenoxy) is 3. The molecule has 0 radical (unpaired) electrons. The molecule has 1 aromatic rings. The van der Waals surface area contributed by atoms with Gasteiger partial charge in [0.25, 0.3) is 11.1 Å². The Bertz CT molecular complexity index is 822. The number of carbonyl (C=O) groups is 3. The second-order valence-corrected chi connectivity index (χ2v) is 7.23. The van der Waals surface area contributed by atoms with E-state index in [4.69, 9.17) is 9.47 Å². The van der Waals surface area contributed by atoms with Crippen molar-refractivity contribution in [3.63, 3.8) is 0 Å². The summed E-state index contributed by atoms with van der Waals surface area (Å²) in [6.45, 7) is 5.35. The van der Waals surface area contributed by atoms with Crippen molar-refractivity contribution in [1.82, 2.24) is 4.90 Å². The lowest BCUT2D eigenvalue weighted by Gasteiger charge is -2.18. The Morgan fingerprint density at radius 2 is 2.07 bits per heavy atom. The van der Waals surface area contributed by atoms with Gasteiger partial charge in [0.05, 0.1) is 23.6 Å². The van der Waals surface area contributed by atoms with Crippen molar-refractivity contribution in [2.75, 3.05) is 20.8 Å². The Hall–Kier alpha value is -2.26. The maximum atomic E-state index is 12.6. The lowest BCUT2D eigenvalue weighted by atomic mass is 10.1. The molecule has 27 heavy (non-hydrogen) atoms. The third-order valence-electron chi connectivity index (χ3n) is 3.65. The molecule has 1 aliphatic rings. The summed E-state index contributed by atoms with van der Waals surface area (Å²) in [4.78, 5) is 37.5. The van der Waals surface area contributed by atoms with Gasteiger partial charge in [-0.15, -0.1) is 0 Å². The highest BCUT2D eigenvalue weighted by atomic mass is 79.9. The Morgan fingerprint density at radius 3 is 2.67 bits per heavy atom. The number of hydrogen-bond donors (Lipinski definition) is 0. The van der Waals surface area contributed by atoms with E-state index in [1.807, 2.05) is 0 Å². The SMILES string of the molecule is C=CCOc1c(Br)cc(/C=C2/SC(=O)N([C@@H](C)C(=O)OC)C2=O)cc1OC. The average molecular weight is 456 g/mol. The van der Waals surface area contributed by atoms with Gasteiger partial charge in [-0.25, -0.2) is 4.79 Å². The molecule has 0 bridgehead atoms. The zero-order valence-corrected chi connectivity index (χ0v) is 17.4. The number of halogens is 1. The molecule has 1 heterocycles. The minimum absolute atomic E-state index is 0.199. The fourth-order valence-electron chi connectivity index (χ4n) is 2.35. The molecule has 0 aliphatic carbocycles. The molecular formula is C18H18BrNO6S. The third kappa shape index (κ3) is 4.54. The molecule has 0 unspecified atom stereocenters.